The molecule has 0 saturated heterocycles. The second kappa shape index (κ2) is 6.13. The van der Waals surface area contributed by atoms with Gasteiger partial charge < -0.3 is 5.32 Å². The Balaban J connectivity index is 1.76. The summed E-state index contributed by atoms with van der Waals surface area (Å²) in [6, 6.07) is 12.9. The van der Waals surface area contributed by atoms with E-state index in [-0.39, 0.29) is 11.7 Å². The third kappa shape index (κ3) is 3.15. The monoisotopic (exact) mass is 293 g/mol. The number of hydrogen-bond acceptors (Lipinski definition) is 3. The number of nitrogens with zero attached hydrogens (tertiary/aromatic N) is 2. The molecule has 0 unspecified atom stereocenters. The van der Waals surface area contributed by atoms with Crippen LogP contribution >= 0.6 is 0 Å². The van der Waals surface area contributed by atoms with E-state index in [1.165, 1.54) is 18.3 Å². The summed E-state index contributed by atoms with van der Waals surface area (Å²) in [4.78, 5) is 20.3. The standard InChI is InChI=1S/C17H12FN3O/c18-14-6-3-12(4-7-14)16-8-5-13(10-20-16)17(22)21-15-2-1-9-19-11-15/h1-11H,(H,21,22). The highest BCUT2D eigenvalue weighted by atomic mass is 19.1. The summed E-state index contributed by atoms with van der Waals surface area (Å²) in [5.74, 6) is -0.553. The van der Waals surface area contributed by atoms with Gasteiger partial charge in [-0.05, 0) is 48.5 Å². The predicted octanol–water partition coefficient (Wildman–Crippen LogP) is 3.54. The Morgan fingerprint density at radius 3 is 2.45 bits per heavy atom. The highest BCUT2D eigenvalue weighted by molar-refractivity contribution is 6.04. The van der Waals surface area contributed by atoms with E-state index in [9.17, 15) is 9.18 Å². The molecule has 2 heterocycles. The average Bonchev–Trinajstić information content (AvgIpc) is 2.57. The molecule has 0 aliphatic carbocycles. The molecule has 3 aromatic rings. The normalized spacial score (nSPS) is 10.2. The maximum Gasteiger partial charge on any atom is 0.257 e. The van der Waals surface area contributed by atoms with Crippen LogP contribution in [0.3, 0.4) is 0 Å². The van der Waals surface area contributed by atoms with Crippen molar-refractivity contribution in [2.45, 2.75) is 0 Å². The minimum absolute atomic E-state index is 0.258. The van der Waals surface area contributed by atoms with E-state index in [2.05, 4.69) is 15.3 Å². The fourth-order valence-corrected chi connectivity index (χ4v) is 1.96. The number of hydrogen-bond donors (Lipinski definition) is 1. The van der Waals surface area contributed by atoms with Gasteiger partial charge in [-0.2, -0.15) is 0 Å². The van der Waals surface area contributed by atoms with Crippen molar-refractivity contribution >= 4 is 11.6 Å². The molecule has 4 nitrogen and oxygen atoms in total. The summed E-state index contributed by atoms with van der Waals surface area (Å²) in [5.41, 5.74) is 2.53. The molecule has 22 heavy (non-hydrogen) atoms. The molecule has 0 aliphatic rings. The summed E-state index contributed by atoms with van der Waals surface area (Å²) in [6.45, 7) is 0. The Labute approximate surface area is 126 Å². The molecule has 1 amide bonds. The van der Waals surface area contributed by atoms with Crippen molar-refractivity contribution in [3.05, 3.63) is 78.5 Å². The van der Waals surface area contributed by atoms with Gasteiger partial charge in [-0.1, -0.05) is 0 Å². The molecule has 0 spiro atoms. The average molecular weight is 293 g/mol. The van der Waals surface area contributed by atoms with Crippen LogP contribution in [0.15, 0.2) is 67.1 Å². The first-order valence-corrected chi connectivity index (χ1v) is 6.66. The summed E-state index contributed by atoms with van der Waals surface area (Å²) in [7, 11) is 0. The first-order valence-electron chi connectivity index (χ1n) is 6.66. The van der Waals surface area contributed by atoms with E-state index in [0.29, 0.717) is 16.9 Å². The lowest BCUT2D eigenvalue weighted by molar-refractivity contribution is 0.102. The number of halogens is 1. The van der Waals surface area contributed by atoms with Crippen LogP contribution in [0.1, 0.15) is 10.4 Å². The Bertz CT molecular complexity index is 771. The van der Waals surface area contributed by atoms with E-state index in [1.54, 1.807) is 48.8 Å². The lowest BCUT2D eigenvalue weighted by Gasteiger charge is -2.05. The van der Waals surface area contributed by atoms with E-state index in [1.807, 2.05) is 0 Å². The molecule has 3 rings (SSSR count). The van der Waals surface area contributed by atoms with Crippen molar-refractivity contribution in [1.29, 1.82) is 0 Å². The molecule has 1 aromatic carbocycles. The summed E-state index contributed by atoms with van der Waals surface area (Å²) in [5, 5.41) is 2.73. The zero-order valence-electron chi connectivity index (χ0n) is 11.5. The zero-order chi connectivity index (χ0) is 15.4. The molecule has 0 saturated carbocycles. The smallest absolute Gasteiger partial charge is 0.257 e. The minimum Gasteiger partial charge on any atom is -0.321 e. The Hall–Kier alpha value is -3.08. The van der Waals surface area contributed by atoms with Gasteiger partial charge in [-0.15, -0.1) is 0 Å². The van der Waals surface area contributed by atoms with Crippen LogP contribution in [0.5, 0.6) is 0 Å². The number of benzene rings is 1. The van der Waals surface area contributed by atoms with Crippen molar-refractivity contribution in [1.82, 2.24) is 9.97 Å². The van der Waals surface area contributed by atoms with Crippen LogP contribution < -0.4 is 5.32 Å². The summed E-state index contributed by atoms with van der Waals surface area (Å²) >= 11 is 0. The largest absolute Gasteiger partial charge is 0.321 e. The van der Waals surface area contributed by atoms with Crippen molar-refractivity contribution in [3.8, 4) is 11.3 Å². The van der Waals surface area contributed by atoms with Crippen molar-refractivity contribution in [2.24, 2.45) is 0 Å². The van der Waals surface area contributed by atoms with Crippen molar-refractivity contribution in [2.75, 3.05) is 5.32 Å². The number of aromatic nitrogens is 2. The third-order valence-corrected chi connectivity index (χ3v) is 3.09. The molecule has 1 N–H and O–H groups in total. The maximum absolute atomic E-state index is 12.9. The van der Waals surface area contributed by atoms with Gasteiger partial charge >= 0.3 is 0 Å². The first-order chi connectivity index (χ1) is 10.7. The number of pyridine rings is 2. The van der Waals surface area contributed by atoms with E-state index in [0.717, 1.165) is 5.56 Å². The van der Waals surface area contributed by atoms with Crippen LogP contribution in [0.25, 0.3) is 11.3 Å². The number of anilines is 1. The lowest BCUT2D eigenvalue weighted by Crippen LogP contribution is -2.12. The number of carbonyl (C=O) groups excluding carboxylic acids is 1. The second-order valence-electron chi connectivity index (χ2n) is 4.63. The number of nitrogens with one attached hydrogen (secondary N) is 1. The van der Waals surface area contributed by atoms with Crippen LogP contribution in [-0.4, -0.2) is 15.9 Å². The van der Waals surface area contributed by atoms with Crippen molar-refractivity contribution < 1.29 is 9.18 Å². The Morgan fingerprint density at radius 2 is 1.82 bits per heavy atom. The zero-order valence-corrected chi connectivity index (χ0v) is 11.5. The topological polar surface area (TPSA) is 54.9 Å². The van der Waals surface area contributed by atoms with E-state index in [4.69, 9.17) is 0 Å². The molecule has 0 radical (unpaired) electrons. The minimum atomic E-state index is -0.295. The Morgan fingerprint density at radius 1 is 1.00 bits per heavy atom. The second-order valence-corrected chi connectivity index (χ2v) is 4.63. The molecule has 2 aromatic heterocycles. The molecular weight excluding hydrogens is 281 g/mol. The summed E-state index contributed by atoms with van der Waals surface area (Å²) in [6.07, 6.45) is 4.69. The molecule has 0 fully saturated rings. The van der Waals surface area contributed by atoms with Gasteiger partial charge in [0.1, 0.15) is 5.82 Å². The lowest BCUT2D eigenvalue weighted by atomic mass is 10.1. The number of rotatable bonds is 3. The van der Waals surface area contributed by atoms with Gasteiger partial charge in [0.25, 0.3) is 5.91 Å². The van der Waals surface area contributed by atoms with Crippen LogP contribution in [0.2, 0.25) is 0 Å². The van der Waals surface area contributed by atoms with E-state index < -0.39 is 0 Å². The SMILES string of the molecule is O=C(Nc1cccnc1)c1ccc(-c2ccc(F)cc2)nc1. The molecule has 0 aliphatic heterocycles. The number of amides is 1. The van der Waals surface area contributed by atoms with Gasteiger partial charge in [0, 0.05) is 18.0 Å². The quantitative estimate of drug-likeness (QED) is 0.803. The maximum atomic E-state index is 12.9. The molecular formula is C17H12FN3O. The van der Waals surface area contributed by atoms with Gasteiger partial charge in [-0.25, -0.2) is 4.39 Å². The Kier molecular flexibility index (Phi) is 3.87. The molecule has 0 bridgehead atoms. The first kappa shape index (κ1) is 13.9. The van der Waals surface area contributed by atoms with Crippen LogP contribution in [0, 0.1) is 5.82 Å². The van der Waals surface area contributed by atoms with Gasteiger partial charge in [-0.3, -0.25) is 14.8 Å². The molecule has 5 heteroatoms. The van der Waals surface area contributed by atoms with Crippen LogP contribution in [-0.2, 0) is 0 Å². The molecule has 0 atom stereocenters. The molecule has 108 valence electrons. The summed E-state index contributed by atoms with van der Waals surface area (Å²) < 4.78 is 12.9. The fraction of sp³-hybridized carbons (Fsp3) is 0. The highest BCUT2D eigenvalue weighted by Gasteiger charge is 2.07. The van der Waals surface area contributed by atoms with E-state index >= 15 is 0 Å². The van der Waals surface area contributed by atoms with Crippen molar-refractivity contribution in [3.63, 3.8) is 0 Å². The third-order valence-electron chi connectivity index (χ3n) is 3.09. The highest BCUT2D eigenvalue weighted by Crippen LogP contribution is 2.17. The number of carbonyl (C=O) groups is 1. The van der Waals surface area contributed by atoms with Gasteiger partial charge in [0.2, 0.25) is 0 Å². The predicted molar refractivity (Wildman–Crippen MR) is 81.8 cm³/mol. The van der Waals surface area contributed by atoms with Gasteiger partial charge in [0.05, 0.1) is 23.1 Å². The van der Waals surface area contributed by atoms with Crippen LogP contribution in [0.4, 0.5) is 10.1 Å². The van der Waals surface area contributed by atoms with Gasteiger partial charge in [0.15, 0.2) is 0 Å². The fourth-order valence-electron chi connectivity index (χ4n) is 1.96.